The molecule has 0 saturated carbocycles. The molecule has 0 aromatic rings. The van der Waals surface area contributed by atoms with E-state index in [0.717, 1.165) is 0 Å². The quantitative estimate of drug-likeness (QED) is 0.303. The standard InChI is InChI=1S/22CH4.2OPS/c;;;;;;;;;;;;;;;;;;;;;;2*1-2-3/h22*1H4;;/q;;;;;;;;;;;;;;;;;;;;;;2*+1. The molecule has 0 atom stereocenters. The van der Waals surface area contributed by atoms with Crippen molar-refractivity contribution in [1.29, 1.82) is 0 Å². The van der Waals surface area contributed by atoms with Crippen LogP contribution in [-0.4, -0.2) is 0 Å². The predicted octanol–water partition coefficient (Wildman–Crippen LogP) is 15.5. The Kier molecular flexibility index (Phi) is 80300. The Morgan fingerprint density at radius 2 is 0.250 bits per heavy atom. The van der Waals surface area contributed by atoms with E-state index < -0.39 is 0 Å². The van der Waals surface area contributed by atoms with Gasteiger partial charge in [-0.25, -0.2) is 0 Å². The summed E-state index contributed by atoms with van der Waals surface area (Å²) in [5.74, 6) is 0. The van der Waals surface area contributed by atoms with Crippen molar-refractivity contribution in [2.24, 2.45) is 0 Å². The average molecular weight is 511 g/mol. The number of rotatable bonds is 0. The number of hydrogen-bond acceptors (Lipinski definition) is 4. The van der Waals surface area contributed by atoms with Gasteiger partial charge in [0, 0.05) is 0 Å². The van der Waals surface area contributed by atoms with Crippen LogP contribution in [0.2, 0.25) is 0 Å². The van der Waals surface area contributed by atoms with Crippen LogP contribution in [0, 0.1) is 0 Å². The molecule has 0 aliphatic heterocycles. The van der Waals surface area contributed by atoms with Crippen LogP contribution in [0.4, 0.5) is 0 Å². The first kappa shape index (κ1) is 937. The van der Waals surface area contributed by atoms with Gasteiger partial charge in [-0.15, -0.1) is 0 Å². The van der Waals surface area contributed by atoms with Gasteiger partial charge in [-0.2, -0.15) is 0 Å². The van der Waals surface area contributed by atoms with E-state index in [0.29, 0.717) is 0 Å². The molecule has 0 saturated heterocycles. The summed E-state index contributed by atoms with van der Waals surface area (Å²) in [4.78, 5) is 0. The summed E-state index contributed by atoms with van der Waals surface area (Å²) >= 11 is 7.62. The maximum atomic E-state index is 8.72. The molecule has 0 aliphatic rings. The monoisotopic (exact) mass is 511 g/mol. The van der Waals surface area contributed by atoms with Gasteiger partial charge in [-0.3, -0.25) is 0 Å². The molecule has 0 radical (unpaired) electrons. The SMILES string of the molecule is C.C.C.C.C.C.C.C.C.C.C.C.C.C.C.C.C.C.C.C.C.C.O=[P+]=S.O=[P+]=S. The summed E-state index contributed by atoms with van der Waals surface area (Å²) < 4.78 is 17.4. The molecule has 28 heavy (non-hydrogen) atoms. The molecule has 0 heterocycles. The predicted molar refractivity (Wildman–Crippen MR) is 178 cm³/mol. The van der Waals surface area contributed by atoms with E-state index in [2.05, 4.69) is 23.6 Å². The Labute approximate surface area is 210 Å². The first-order valence-electron chi connectivity index (χ1n) is 0.730. The van der Waals surface area contributed by atoms with Gasteiger partial charge in [-0.1, -0.05) is 163 Å². The van der Waals surface area contributed by atoms with Crippen LogP contribution in [0.25, 0.3) is 0 Å². The molecule has 0 spiro atoms. The van der Waals surface area contributed by atoms with Crippen LogP contribution in [-0.2, 0) is 32.7 Å². The van der Waals surface area contributed by atoms with Gasteiger partial charge in [0.15, 0.2) is 0 Å². The van der Waals surface area contributed by atoms with E-state index in [9.17, 15) is 0 Å². The Morgan fingerprint density at radius 1 is 0.250 bits per heavy atom. The maximum absolute atomic E-state index is 8.72. The molecule has 2 nitrogen and oxygen atoms in total. The average Bonchev–Trinajstić information content (AvgIpc) is 1.39. The Balaban J connectivity index is -0.000000000291. The second-order valence-corrected chi connectivity index (χ2v) is 1.34. The van der Waals surface area contributed by atoms with Crippen molar-refractivity contribution in [1.82, 2.24) is 0 Å². The topological polar surface area (TPSA) is 34.1 Å². The van der Waals surface area contributed by atoms with E-state index >= 15 is 0 Å². The molecule has 0 fully saturated rings. The van der Waals surface area contributed by atoms with Gasteiger partial charge in [0.1, 0.15) is 0 Å². The van der Waals surface area contributed by atoms with E-state index in [-0.39, 0.29) is 178 Å². The Hall–Kier alpha value is 0.900. The molecule has 0 amide bonds. The van der Waals surface area contributed by atoms with Crippen LogP contribution in [0.3, 0.4) is 0 Å². The van der Waals surface area contributed by atoms with Crippen molar-refractivity contribution in [2.45, 2.75) is 163 Å². The van der Waals surface area contributed by atoms with Gasteiger partial charge in [0.05, 0.1) is 0 Å². The molecule has 0 unspecified atom stereocenters. The summed E-state index contributed by atoms with van der Waals surface area (Å²) in [5, 5.41) is 0. The van der Waals surface area contributed by atoms with Gasteiger partial charge in [0.25, 0.3) is 0 Å². The Morgan fingerprint density at radius 3 is 0.250 bits per heavy atom. The first-order valence-corrected chi connectivity index (χ1v) is 4.38. The summed E-state index contributed by atoms with van der Waals surface area (Å²) in [6.45, 7) is 0. The van der Waals surface area contributed by atoms with Crippen molar-refractivity contribution in [3.8, 4) is 0 Å². The molecule has 6 heteroatoms. The molecular formula is C22H88O2P2S2+2. The third-order valence-electron chi connectivity index (χ3n) is 0. The molecule has 0 bridgehead atoms. The molecule has 208 valence electrons. The van der Waals surface area contributed by atoms with E-state index in [1.807, 2.05) is 0 Å². The Bertz CT molecular complexity index is 84.5. The van der Waals surface area contributed by atoms with Gasteiger partial charge < -0.3 is 0 Å². The zero-order chi connectivity index (χ0) is 5.41. The van der Waals surface area contributed by atoms with Crippen molar-refractivity contribution >= 4 is 38.1 Å². The fourth-order valence-corrected chi connectivity index (χ4v) is 0. The third kappa shape index (κ3) is 22300. The van der Waals surface area contributed by atoms with Crippen LogP contribution in [0.5, 0.6) is 0 Å². The number of hydrogen-bond donors (Lipinski definition) is 0. The van der Waals surface area contributed by atoms with Gasteiger partial charge in [-0.05, 0) is 0 Å². The van der Waals surface area contributed by atoms with Crippen LogP contribution in [0.1, 0.15) is 163 Å². The van der Waals surface area contributed by atoms with Crippen molar-refractivity contribution in [2.75, 3.05) is 0 Å². The third-order valence-corrected chi connectivity index (χ3v) is 0. The first-order chi connectivity index (χ1) is 2.83. The summed E-state index contributed by atoms with van der Waals surface area (Å²) in [7, 11) is -0.500. The zero-order valence-corrected chi connectivity index (χ0v) is 5.95. The van der Waals surface area contributed by atoms with Crippen molar-refractivity contribution in [3.05, 3.63) is 0 Å². The summed E-state index contributed by atoms with van der Waals surface area (Å²) in [6.07, 6.45) is 0. The molecular weight excluding hydrogens is 422 g/mol. The van der Waals surface area contributed by atoms with Gasteiger partial charge >= 0.3 is 47.2 Å². The van der Waals surface area contributed by atoms with E-state index in [1.165, 1.54) is 0 Å². The fraction of sp³-hybridized carbons (Fsp3) is 1.00. The van der Waals surface area contributed by atoms with Crippen LogP contribution in [0.15, 0.2) is 0 Å². The summed E-state index contributed by atoms with van der Waals surface area (Å²) in [5.41, 5.74) is 0. The van der Waals surface area contributed by atoms with E-state index in [4.69, 9.17) is 9.13 Å². The minimum absolute atomic E-state index is 0. The van der Waals surface area contributed by atoms with Crippen LogP contribution < -0.4 is 0 Å². The van der Waals surface area contributed by atoms with Crippen molar-refractivity contribution < 1.29 is 9.13 Å². The minimum atomic E-state index is -0.250. The summed E-state index contributed by atoms with van der Waals surface area (Å²) in [6, 6.07) is 0. The molecule has 0 rings (SSSR count). The molecule has 0 aromatic heterocycles. The zero-order valence-electron chi connectivity index (χ0n) is 2.53. The molecule has 0 N–H and O–H groups in total. The van der Waals surface area contributed by atoms with Crippen LogP contribution >= 0.6 is 14.5 Å². The molecule has 0 aromatic carbocycles. The van der Waals surface area contributed by atoms with Gasteiger partial charge in [0.2, 0.25) is 0 Å². The second kappa shape index (κ2) is 2400. The fourth-order valence-electron chi connectivity index (χ4n) is 0. The normalized spacial score (nSPS) is 0.857. The van der Waals surface area contributed by atoms with E-state index in [1.54, 1.807) is 0 Å². The van der Waals surface area contributed by atoms with Crippen molar-refractivity contribution in [3.63, 3.8) is 0 Å². The second-order valence-electron chi connectivity index (χ2n) is 0.149. The molecule has 0 aliphatic carbocycles.